The number of nitrogens with zero attached hydrogens (tertiary/aromatic N) is 1. The molecule has 30 heavy (non-hydrogen) atoms. The molecule has 1 amide bonds. The molecule has 0 unspecified atom stereocenters. The van der Waals surface area contributed by atoms with Gasteiger partial charge < -0.3 is 20.3 Å². The summed E-state index contributed by atoms with van der Waals surface area (Å²) in [5.41, 5.74) is 1.04. The summed E-state index contributed by atoms with van der Waals surface area (Å²) in [4.78, 5) is 38.7. The number of methoxy groups -OCH3 is 1. The van der Waals surface area contributed by atoms with Crippen LogP contribution in [0.2, 0.25) is 0 Å². The Morgan fingerprint density at radius 1 is 1.07 bits per heavy atom. The lowest BCUT2D eigenvalue weighted by Crippen LogP contribution is -2.42. The molecule has 2 aromatic carbocycles. The molecule has 2 fully saturated rings. The highest BCUT2D eigenvalue weighted by atomic mass is 16.5. The molecule has 2 aliphatic rings. The van der Waals surface area contributed by atoms with Crippen LogP contribution in [0, 0.1) is 11.8 Å². The van der Waals surface area contributed by atoms with E-state index in [0.29, 0.717) is 35.3 Å². The first-order chi connectivity index (χ1) is 14.6. The monoisotopic (exact) mass is 411 g/mol. The third kappa shape index (κ3) is 4.06. The fourth-order valence-electron chi connectivity index (χ4n) is 4.64. The molecule has 1 aliphatic carbocycles. The van der Waals surface area contributed by atoms with E-state index in [1.165, 1.54) is 0 Å². The first kappa shape index (κ1) is 20.4. The zero-order valence-electron chi connectivity index (χ0n) is 17.4. The molecule has 1 aliphatic heterocycles. The Balaban J connectivity index is 1.27. The Morgan fingerprint density at radius 2 is 1.77 bits per heavy atom. The lowest BCUT2D eigenvalue weighted by Gasteiger charge is -2.29. The average molecular weight is 412 g/mol. The number of carbonyl (C=O) groups is 1. The van der Waals surface area contributed by atoms with E-state index >= 15 is 0 Å². The van der Waals surface area contributed by atoms with Crippen molar-refractivity contribution in [2.24, 2.45) is 11.8 Å². The smallest absolute Gasteiger partial charge is 0.253 e. The molecule has 4 rings (SSSR count). The summed E-state index contributed by atoms with van der Waals surface area (Å²) in [5.74, 6) is 1.07. The first-order valence-electron chi connectivity index (χ1n) is 10.8. The third-order valence-electron chi connectivity index (χ3n) is 6.46. The Hall–Kier alpha value is -2.83. The zero-order valence-corrected chi connectivity index (χ0v) is 17.4. The van der Waals surface area contributed by atoms with Crippen molar-refractivity contribution in [3.63, 3.8) is 0 Å². The van der Waals surface area contributed by atoms with E-state index in [1.54, 1.807) is 7.11 Å². The summed E-state index contributed by atoms with van der Waals surface area (Å²) < 4.78 is 5.30. The van der Waals surface area contributed by atoms with E-state index < -0.39 is 0 Å². The highest BCUT2D eigenvalue weighted by molar-refractivity contribution is 5.94. The van der Waals surface area contributed by atoms with E-state index in [9.17, 15) is 14.4 Å². The molecule has 0 spiro atoms. The molecule has 2 N–H and O–H groups in total. The summed E-state index contributed by atoms with van der Waals surface area (Å²) in [6.07, 6.45) is 5.62. The van der Waals surface area contributed by atoms with Crippen LogP contribution in [0.15, 0.2) is 33.9 Å². The third-order valence-corrected chi connectivity index (χ3v) is 6.46. The van der Waals surface area contributed by atoms with Gasteiger partial charge in [0.05, 0.1) is 12.8 Å². The van der Waals surface area contributed by atoms with Gasteiger partial charge in [-0.2, -0.15) is 0 Å². The number of hydrogen-bond donors (Lipinski definition) is 2. The number of benzene rings is 1. The largest absolute Gasteiger partial charge is 0.495 e. The lowest BCUT2D eigenvalue weighted by atomic mass is 9.81. The van der Waals surface area contributed by atoms with Crippen LogP contribution in [0.4, 0.5) is 17.1 Å². The van der Waals surface area contributed by atoms with Crippen molar-refractivity contribution in [2.75, 3.05) is 42.3 Å². The molecule has 0 atom stereocenters. The normalized spacial score (nSPS) is 21.6. The summed E-state index contributed by atoms with van der Waals surface area (Å²) in [5, 5.41) is 6.23. The van der Waals surface area contributed by atoms with Crippen LogP contribution in [-0.4, -0.2) is 32.7 Å². The number of para-hydroxylation sites is 2. The van der Waals surface area contributed by atoms with Gasteiger partial charge in [0.2, 0.25) is 5.91 Å². The van der Waals surface area contributed by atoms with Gasteiger partial charge in [-0.05, 0) is 56.6 Å². The number of hydrogen-bond acceptors (Lipinski definition) is 6. The summed E-state index contributed by atoms with van der Waals surface area (Å²) in [6, 6.07) is 7.42. The van der Waals surface area contributed by atoms with E-state index in [1.807, 2.05) is 29.2 Å². The highest BCUT2D eigenvalue weighted by Crippen LogP contribution is 2.32. The number of rotatable bonds is 7. The maximum absolute atomic E-state index is 12.7. The van der Waals surface area contributed by atoms with Crippen LogP contribution >= 0.6 is 0 Å². The van der Waals surface area contributed by atoms with E-state index in [0.717, 1.165) is 51.6 Å². The molecular formula is C23H29N3O4. The Kier molecular flexibility index (Phi) is 6.06. The minimum Gasteiger partial charge on any atom is -0.495 e. The number of ether oxygens (including phenoxy) is 1. The van der Waals surface area contributed by atoms with Gasteiger partial charge in [-0.25, -0.2) is 0 Å². The van der Waals surface area contributed by atoms with Gasteiger partial charge in [-0.1, -0.05) is 12.1 Å². The van der Waals surface area contributed by atoms with Crippen LogP contribution in [-0.2, 0) is 4.79 Å². The fraction of sp³-hybridized carbons (Fsp3) is 0.522. The number of nitrogens with one attached hydrogen (secondary N) is 2. The van der Waals surface area contributed by atoms with Crippen molar-refractivity contribution in [2.45, 2.75) is 38.5 Å². The fourth-order valence-corrected chi connectivity index (χ4v) is 4.64. The van der Waals surface area contributed by atoms with Gasteiger partial charge in [0.25, 0.3) is 10.9 Å². The van der Waals surface area contributed by atoms with Crippen LogP contribution in [0.1, 0.15) is 38.5 Å². The molecule has 0 bridgehead atoms. The van der Waals surface area contributed by atoms with Gasteiger partial charge in [-0.15, -0.1) is 0 Å². The maximum atomic E-state index is 12.7. The predicted octanol–water partition coefficient (Wildman–Crippen LogP) is 2.75. The quantitative estimate of drug-likeness (QED) is 0.681. The minimum atomic E-state index is -0.387. The molecule has 1 heterocycles. The van der Waals surface area contributed by atoms with Crippen LogP contribution in [0.5, 0.6) is 5.75 Å². The molecule has 0 radical (unpaired) electrons. The SMILES string of the molecule is COc1ccccc1NC(=O)C1CCC(CNc2c(N3CCCC3)c(=O)c2=O)CC1. The molecule has 1 saturated carbocycles. The van der Waals surface area contributed by atoms with E-state index in [2.05, 4.69) is 10.6 Å². The van der Waals surface area contributed by atoms with E-state index in [4.69, 9.17) is 4.74 Å². The van der Waals surface area contributed by atoms with Crippen LogP contribution in [0.25, 0.3) is 0 Å². The van der Waals surface area contributed by atoms with E-state index in [-0.39, 0.29) is 22.7 Å². The summed E-state index contributed by atoms with van der Waals surface area (Å²) >= 11 is 0. The molecule has 7 nitrogen and oxygen atoms in total. The Morgan fingerprint density at radius 3 is 2.47 bits per heavy atom. The minimum absolute atomic E-state index is 0.0162. The van der Waals surface area contributed by atoms with Crippen molar-refractivity contribution >= 4 is 23.0 Å². The second-order valence-electron chi connectivity index (χ2n) is 8.36. The lowest BCUT2D eigenvalue weighted by molar-refractivity contribution is -0.121. The maximum Gasteiger partial charge on any atom is 0.253 e. The zero-order chi connectivity index (χ0) is 21.1. The second kappa shape index (κ2) is 8.90. The first-order valence-corrected chi connectivity index (χ1v) is 10.8. The van der Waals surface area contributed by atoms with Crippen LogP contribution in [0.3, 0.4) is 0 Å². The van der Waals surface area contributed by atoms with Crippen molar-refractivity contribution in [1.82, 2.24) is 0 Å². The van der Waals surface area contributed by atoms with Crippen molar-refractivity contribution in [1.29, 1.82) is 0 Å². The molecular weight excluding hydrogens is 382 g/mol. The number of anilines is 3. The van der Waals surface area contributed by atoms with Crippen molar-refractivity contribution < 1.29 is 9.53 Å². The average Bonchev–Trinajstić information content (AvgIpc) is 3.30. The van der Waals surface area contributed by atoms with Gasteiger partial charge >= 0.3 is 0 Å². The van der Waals surface area contributed by atoms with Gasteiger partial charge in [0.1, 0.15) is 17.1 Å². The Bertz CT molecular complexity index is 965. The van der Waals surface area contributed by atoms with Crippen molar-refractivity contribution in [3.8, 4) is 5.75 Å². The molecule has 1 saturated heterocycles. The van der Waals surface area contributed by atoms with Gasteiger partial charge in [0, 0.05) is 25.6 Å². The standard InChI is InChI=1S/C23H29N3O4/c1-30-18-7-3-2-6-17(18)25-23(29)16-10-8-15(9-11-16)14-24-19-20(22(28)21(19)27)26-12-4-5-13-26/h2-3,6-7,15-16,24H,4-5,8-14H2,1H3,(H,25,29). The highest BCUT2D eigenvalue weighted by Gasteiger charge is 2.30. The second-order valence-corrected chi connectivity index (χ2v) is 8.36. The number of carbonyl (C=O) groups excluding carboxylic acids is 1. The van der Waals surface area contributed by atoms with Crippen molar-refractivity contribution in [3.05, 3.63) is 44.7 Å². The molecule has 160 valence electrons. The topological polar surface area (TPSA) is 87.7 Å². The van der Waals surface area contributed by atoms with Gasteiger partial charge in [-0.3, -0.25) is 14.4 Å². The van der Waals surface area contributed by atoms with Gasteiger partial charge in [0.15, 0.2) is 0 Å². The number of amides is 1. The summed E-state index contributed by atoms with van der Waals surface area (Å²) in [7, 11) is 1.59. The predicted molar refractivity (Wildman–Crippen MR) is 118 cm³/mol. The summed E-state index contributed by atoms with van der Waals surface area (Å²) in [6.45, 7) is 2.38. The molecule has 2 aromatic rings. The molecule has 7 heteroatoms. The van der Waals surface area contributed by atoms with Crippen LogP contribution < -0.4 is 31.1 Å². The Labute approximate surface area is 176 Å². The molecule has 0 aromatic heterocycles.